The molecule has 0 bridgehead atoms. The van der Waals surface area contributed by atoms with Crippen molar-refractivity contribution in [2.24, 2.45) is 0 Å². The molecule has 3 heterocycles. The Kier molecular flexibility index (Phi) is 4.55. The van der Waals surface area contributed by atoms with E-state index in [1.807, 2.05) is 74.5 Å². The van der Waals surface area contributed by atoms with Gasteiger partial charge in [0.1, 0.15) is 0 Å². The van der Waals surface area contributed by atoms with E-state index in [1.54, 1.807) is 12.4 Å². The van der Waals surface area contributed by atoms with Gasteiger partial charge < -0.3 is 10.6 Å². The molecule has 6 aromatic rings. The van der Waals surface area contributed by atoms with Gasteiger partial charge in [-0.3, -0.25) is 9.97 Å². The lowest BCUT2D eigenvalue weighted by Crippen LogP contribution is -2.19. The van der Waals surface area contributed by atoms with Gasteiger partial charge in [-0.05, 0) is 79.6 Å². The Hall–Kier alpha value is -4.65. The van der Waals surface area contributed by atoms with Crippen molar-refractivity contribution in [1.82, 2.24) is 19.9 Å². The predicted octanol–water partition coefficient (Wildman–Crippen LogP) is 6.14. The van der Waals surface area contributed by atoms with E-state index in [9.17, 15) is 4.79 Å². The lowest BCUT2D eigenvalue weighted by atomic mass is 10.1. The Morgan fingerprint density at radius 2 is 1.24 bits per heavy atom. The molecule has 2 amide bonds. The van der Waals surface area contributed by atoms with E-state index in [-0.39, 0.29) is 6.03 Å². The normalized spacial score (nSPS) is 11.4. The van der Waals surface area contributed by atoms with Gasteiger partial charge in [0, 0.05) is 34.5 Å². The highest BCUT2D eigenvalue weighted by atomic mass is 16.2. The summed E-state index contributed by atoms with van der Waals surface area (Å²) in [6.07, 6.45) is 3.52. The van der Waals surface area contributed by atoms with Gasteiger partial charge in [-0.25, -0.2) is 14.8 Å². The van der Waals surface area contributed by atoms with Gasteiger partial charge in [0.05, 0.1) is 33.1 Å². The van der Waals surface area contributed by atoms with Crippen molar-refractivity contribution in [3.05, 3.63) is 84.2 Å². The molecular weight excluding hydrogens is 424 g/mol. The summed E-state index contributed by atoms with van der Waals surface area (Å²) in [5.41, 5.74) is 8.23. The second kappa shape index (κ2) is 7.74. The molecule has 3 aromatic heterocycles. The molecule has 0 fully saturated rings. The van der Waals surface area contributed by atoms with Crippen LogP contribution in [-0.4, -0.2) is 26.0 Å². The molecule has 7 nitrogen and oxygen atoms in total. The van der Waals surface area contributed by atoms with Gasteiger partial charge in [-0.15, -0.1) is 0 Å². The molecule has 0 aliphatic carbocycles. The maximum Gasteiger partial charge on any atom is 0.323 e. The van der Waals surface area contributed by atoms with Gasteiger partial charge in [-0.2, -0.15) is 0 Å². The summed E-state index contributed by atoms with van der Waals surface area (Å²) in [6.45, 7) is 4.06. The van der Waals surface area contributed by atoms with Crippen molar-refractivity contribution in [3.8, 4) is 0 Å². The standard InChI is InChI=1S/C27H20N6O/c1-15-7-8-17(13-16(15)2)30-27(34)31-18-9-10-21-22(14-18)33-26-20-6-4-12-29-24(20)23-19(25(26)32-21)5-3-11-28-23/h3-14H,1-2H3,(H2,30,31,34). The summed E-state index contributed by atoms with van der Waals surface area (Å²) in [5, 5.41) is 7.57. The molecule has 164 valence electrons. The molecule has 34 heavy (non-hydrogen) atoms. The molecule has 3 aromatic carbocycles. The molecule has 7 heteroatoms. The highest BCUT2D eigenvalue weighted by molar-refractivity contribution is 6.21. The number of nitrogens with zero attached hydrogens (tertiary/aromatic N) is 4. The molecule has 0 saturated carbocycles. The number of carbonyl (C=O) groups is 1. The van der Waals surface area contributed by atoms with E-state index in [1.165, 1.54) is 5.56 Å². The monoisotopic (exact) mass is 444 g/mol. The Balaban J connectivity index is 1.42. The maximum absolute atomic E-state index is 12.6. The van der Waals surface area contributed by atoms with Crippen molar-refractivity contribution >= 4 is 61.3 Å². The smallest absolute Gasteiger partial charge is 0.308 e. The van der Waals surface area contributed by atoms with Crippen LogP contribution in [0.2, 0.25) is 0 Å². The topological polar surface area (TPSA) is 92.7 Å². The van der Waals surface area contributed by atoms with Crippen LogP contribution in [0.15, 0.2) is 73.1 Å². The third-order valence-corrected chi connectivity index (χ3v) is 6.04. The minimum Gasteiger partial charge on any atom is -0.308 e. The average Bonchev–Trinajstić information content (AvgIpc) is 2.85. The van der Waals surface area contributed by atoms with E-state index in [0.717, 1.165) is 49.6 Å². The van der Waals surface area contributed by atoms with Crippen molar-refractivity contribution in [3.63, 3.8) is 0 Å². The number of carbonyl (C=O) groups excluding carboxylic acids is 1. The number of benzene rings is 3. The lowest BCUT2D eigenvalue weighted by Gasteiger charge is -2.11. The quantitative estimate of drug-likeness (QED) is 0.247. The van der Waals surface area contributed by atoms with Crippen LogP contribution in [0, 0.1) is 13.8 Å². The minimum absolute atomic E-state index is 0.317. The molecule has 0 saturated heterocycles. The van der Waals surface area contributed by atoms with Crippen molar-refractivity contribution in [2.45, 2.75) is 13.8 Å². The first kappa shape index (κ1) is 20.0. The molecule has 0 spiro atoms. The zero-order chi connectivity index (χ0) is 23.2. The second-order valence-corrected chi connectivity index (χ2v) is 8.30. The van der Waals surface area contributed by atoms with Crippen LogP contribution < -0.4 is 10.6 Å². The summed E-state index contributed by atoms with van der Waals surface area (Å²) in [6, 6.07) is 18.8. The van der Waals surface area contributed by atoms with Gasteiger partial charge in [0.15, 0.2) is 0 Å². The molecule has 2 N–H and O–H groups in total. The van der Waals surface area contributed by atoms with Crippen molar-refractivity contribution < 1.29 is 4.79 Å². The zero-order valence-corrected chi connectivity index (χ0v) is 18.6. The molecular formula is C27H20N6O. The van der Waals surface area contributed by atoms with E-state index < -0.39 is 0 Å². The molecule has 6 rings (SSSR count). The van der Waals surface area contributed by atoms with Gasteiger partial charge >= 0.3 is 6.03 Å². The highest BCUT2D eigenvalue weighted by Gasteiger charge is 2.14. The van der Waals surface area contributed by atoms with Crippen LogP contribution in [0.3, 0.4) is 0 Å². The Morgan fingerprint density at radius 1 is 0.647 bits per heavy atom. The molecule has 0 aliphatic heterocycles. The van der Waals surface area contributed by atoms with Crippen LogP contribution in [0.5, 0.6) is 0 Å². The lowest BCUT2D eigenvalue weighted by molar-refractivity contribution is 0.262. The fourth-order valence-electron chi connectivity index (χ4n) is 4.19. The number of rotatable bonds is 2. The van der Waals surface area contributed by atoms with Crippen LogP contribution in [0.1, 0.15) is 11.1 Å². The third-order valence-electron chi connectivity index (χ3n) is 6.04. The number of aryl methyl sites for hydroxylation is 2. The number of nitrogens with one attached hydrogen (secondary N) is 2. The number of aromatic nitrogens is 4. The van der Waals surface area contributed by atoms with Crippen molar-refractivity contribution in [1.29, 1.82) is 0 Å². The van der Waals surface area contributed by atoms with E-state index >= 15 is 0 Å². The fraction of sp³-hybridized carbons (Fsp3) is 0.0741. The number of hydrogen-bond acceptors (Lipinski definition) is 5. The van der Waals surface area contributed by atoms with E-state index in [4.69, 9.17) is 9.97 Å². The van der Waals surface area contributed by atoms with Gasteiger partial charge in [0.2, 0.25) is 0 Å². The first-order chi connectivity index (χ1) is 16.6. The number of urea groups is 1. The van der Waals surface area contributed by atoms with E-state index in [0.29, 0.717) is 11.2 Å². The molecule has 0 atom stereocenters. The Labute approximate surface area is 194 Å². The maximum atomic E-state index is 12.6. The first-order valence-corrected chi connectivity index (χ1v) is 10.9. The van der Waals surface area contributed by atoms with Crippen LogP contribution in [0.25, 0.3) is 43.9 Å². The average molecular weight is 444 g/mol. The van der Waals surface area contributed by atoms with Crippen molar-refractivity contribution in [2.75, 3.05) is 10.6 Å². The highest BCUT2D eigenvalue weighted by Crippen LogP contribution is 2.32. The number of pyridine rings is 2. The van der Waals surface area contributed by atoms with Gasteiger partial charge in [0.25, 0.3) is 0 Å². The molecule has 0 unspecified atom stereocenters. The molecule has 0 radical (unpaired) electrons. The first-order valence-electron chi connectivity index (χ1n) is 10.9. The second-order valence-electron chi connectivity index (χ2n) is 8.30. The summed E-state index contributed by atoms with van der Waals surface area (Å²) in [7, 11) is 0. The van der Waals surface area contributed by atoms with Gasteiger partial charge in [-0.1, -0.05) is 6.07 Å². The third kappa shape index (κ3) is 3.34. The number of anilines is 2. The largest absolute Gasteiger partial charge is 0.323 e. The number of hydrogen-bond donors (Lipinski definition) is 2. The SMILES string of the molecule is Cc1ccc(NC(=O)Nc2ccc3nc4c5cccnc5c5ncccc5c4nc3c2)cc1C. The Morgan fingerprint density at radius 3 is 1.88 bits per heavy atom. The summed E-state index contributed by atoms with van der Waals surface area (Å²) in [5.74, 6) is 0. The summed E-state index contributed by atoms with van der Waals surface area (Å²) >= 11 is 0. The van der Waals surface area contributed by atoms with Crippen LogP contribution in [0.4, 0.5) is 16.2 Å². The zero-order valence-electron chi connectivity index (χ0n) is 18.6. The van der Waals surface area contributed by atoms with E-state index in [2.05, 4.69) is 20.6 Å². The number of amides is 2. The fourth-order valence-corrected chi connectivity index (χ4v) is 4.19. The Bertz CT molecular complexity index is 1760. The minimum atomic E-state index is -0.317. The van der Waals surface area contributed by atoms with Crippen LogP contribution >= 0.6 is 0 Å². The molecule has 0 aliphatic rings. The summed E-state index contributed by atoms with van der Waals surface area (Å²) in [4.78, 5) is 31.5. The predicted molar refractivity (Wildman–Crippen MR) is 136 cm³/mol. The number of fused-ring (bicyclic) bond motifs is 7. The van der Waals surface area contributed by atoms with Crippen LogP contribution in [-0.2, 0) is 0 Å². The summed E-state index contributed by atoms with van der Waals surface area (Å²) < 4.78 is 0.